The van der Waals surface area contributed by atoms with Crippen molar-refractivity contribution in [3.8, 4) is 0 Å². The predicted molar refractivity (Wildman–Crippen MR) is 111 cm³/mol. The highest BCUT2D eigenvalue weighted by Crippen LogP contribution is 2.31. The quantitative estimate of drug-likeness (QED) is 0.361. The fourth-order valence-corrected chi connectivity index (χ4v) is 2.72. The molecule has 0 saturated carbocycles. The number of aliphatic carboxylic acids is 1. The Bertz CT molecular complexity index is 627. The number of hydrogen-bond donors (Lipinski definition) is 3. The maximum absolute atomic E-state index is 12.5. The maximum atomic E-state index is 12.5. The molecule has 0 bridgehead atoms. The van der Waals surface area contributed by atoms with Crippen LogP contribution in [0.3, 0.4) is 0 Å². The molecule has 1 aliphatic rings. The van der Waals surface area contributed by atoms with Gasteiger partial charge in [0.05, 0.1) is 18.8 Å². The van der Waals surface area contributed by atoms with Gasteiger partial charge in [-0.15, -0.1) is 0 Å². The minimum Gasteiger partial charge on any atom is -0.480 e. The Balaban J connectivity index is 0.00000263. The summed E-state index contributed by atoms with van der Waals surface area (Å²) in [6.45, 7) is 8.48. The van der Waals surface area contributed by atoms with Crippen molar-refractivity contribution in [2.24, 2.45) is 11.7 Å². The number of ether oxygens (including phenoxy) is 1. The van der Waals surface area contributed by atoms with Gasteiger partial charge in [0.2, 0.25) is 5.91 Å². The van der Waals surface area contributed by atoms with E-state index < -0.39 is 36.0 Å². The van der Waals surface area contributed by atoms with Crippen molar-refractivity contribution in [1.29, 1.82) is 0 Å². The highest BCUT2D eigenvalue weighted by molar-refractivity contribution is 6.07. The van der Waals surface area contributed by atoms with Crippen LogP contribution >= 0.6 is 0 Å². The number of carboxylic acid groups (broad SMARTS) is 1. The Morgan fingerprint density at radius 2 is 1.77 bits per heavy atom. The van der Waals surface area contributed by atoms with Gasteiger partial charge in [-0.3, -0.25) is 4.79 Å². The third-order valence-corrected chi connectivity index (χ3v) is 4.30. The lowest BCUT2D eigenvalue weighted by Crippen LogP contribution is -2.68. The zero-order valence-electron chi connectivity index (χ0n) is 18.5. The van der Waals surface area contributed by atoms with Gasteiger partial charge < -0.3 is 30.7 Å². The molecule has 0 aliphatic carbocycles. The summed E-state index contributed by atoms with van der Waals surface area (Å²) in [5, 5.41) is 12.2. The minimum atomic E-state index is -1.23. The standard InChI is InChI=1S/C16H27N5O6.C3H8/c1-10(17)18-7-5-6-11-12(14(23)24)21(13(11)22)15(25)19(2)8-9-20(3)16(26)27-4;1-3-2/h11-12,18H,1,5-9,17H2,2-4H3,(H,23,24);3H2,1-2H3/t11-,12?;/m1./s1. The first-order valence-corrected chi connectivity index (χ1v) is 9.81. The number of β-lactam (4-membered cyclic amide) rings is 1. The third-order valence-electron chi connectivity index (χ3n) is 4.30. The van der Waals surface area contributed by atoms with Crippen LogP contribution in [0.15, 0.2) is 12.4 Å². The molecule has 1 rings (SSSR count). The van der Waals surface area contributed by atoms with Crippen molar-refractivity contribution in [2.45, 2.75) is 39.2 Å². The van der Waals surface area contributed by atoms with E-state index in [4.69, 9.17) is 5.73 Å². The van der Waals surface area contributed by atoms with E-state index in [1.54, 1.807) is 0 Å². The number of likely N-dealkylation sites (tertiary alicyclic amines) is 1. The van der Waals surface area contributed by atoms with E-state index >= 15 is 0 Å². The number of amides is 4. The Labute approximate surface area is 177 Å². The number of nitrogens with two attached hydrogens (primary N) is 1. The van der Waals surface area contributed by atoms with Crippen LogP contribution in [0.1, 0.15) is 33.1 Å². The number of nitrogens with one attached hydrogen (secondary N) is 1. The molecule has 1 heterocycles. The number of urea groups is 1. The molecule has 0 aromatic rings. The van der Waals surface area contributed by atoms with Gasteiger partial charge in [-0.05, 0) is 12.8 Å². The Morgan fingerprint density at radius 3 is 2.23 bits per heavy atom. The molecule has 1 fully saturated rings. The molecule has 0 aromatic carbocycles. The second-order valence-electron chi connectivity index (χ2n) is 6.99. The summed E-state index contributed by atoms with van der Waals surface area (Å²) in [6, 6.07) is -1.91. The topological polar surface area (TPSA) is 146 Å². The number of methoxy groups -OCH3 is 1. The molecule has 1 saturated heterocycles. The van der Waals surface area contributed by atoms with Gasteiger partial charge in [0, 0.05) is 33.7 Å². The lowest BCUT2D eigenvalue weighted by atomic mass is 9.84. The SMILES string of the molecule is C=C(N)NCCC[C@H]1C(=O)N(C(=O)N(C)CCN(C)C(=O)OC)C1C(=O)O.CCC. The minimum absolute atomic E-state index is 0.119. The van der Waals surface area contributed by atoms with Gasteiger partial charge in [0.15, 0.2) is 6.04 Å². The van der Waals surface area contributed by atoms with Crippen LogP contribution in [0, 0.1) is 5.92 Å². The zero-order valence-corrected chi connectivity index (χ0v) is 18.5. The van der Waals surface area contributed by atoms with Crippen molar-refractivity contribution in [2.75, 3.05) is 40.8 Å². The van der Waals surface area contributed by atoms with Crippen LogP contribution in [0.2, 0.25) is 0 Å². The molecular weight excluding hydrogens is 394 g/mol. The van der Waals surface area contributed by atoms with Crippen LogP contribution in [-0.2, 0) is 14.3 Å². The molecular formula is C19H35N5O6. The summed E-state index contributed by atoms with van der Waals surface area (Å²) in [4.78, 5) is 50.8. The summed E-state index contributed by atoms with van der Waals surface area (Å²) >= 11 is 0. The smallest absolute Gasteiger partial charge is 0.409 e. The highest BCUT2D eigenvalue weighted by Gasteiger charge is 2.54. The second kappa shape index (κ2) is 13.3. The monoisotopic (exact) mass is 429 g/mol. The predicted octanol–water partition coefficient (Wildman–Crippen LogP) is 0.864. The van der Waals surface area contributed by atoms with Gasteiger partial charge in [0.1, 0.15) is 0 Å². The molecule has 4 N–H and O–H groups in total. The van der Waals surface area contributed by atoms with Crippen LogP contribution < -0.4 is 11.1 Å². The van der Waals surface area contributed by atoms with Crippen molar-refractivity contribution in [1.82, 2.24) is 20.0 Å². The Kier molecular flexibility index (Phi) is 12.0. The lowest BCUT2D eigenvalue weighted by Gasteiger charge is -2.44. The highest BCUT2D eigenvalue weighted by atomic mass is 16.5. The first-order chi connectivity index (χ1) is 14.0. The summed E-state index contributed by atoms with van der Waals surface area (Å²) in [7, 11) is 4.17. The van der Waals surface area contributed by atoms with E-state index in [-0.39, 0.29) is 13.1 Å². The number of hydrogen-bond acceptors (Lipinski definition) is 7. The normalized spacial score (nSPS) is 17.1. The number of nitrogens with zero attached hydrogens (tertiary/aromatic N) is 3. The molecule has 0 spiro atoms. The van der Waals surface area contributed by atoms with E-state index in [0.717, 1.165) is 4.90 Å². The van der Waals surface area contributed by atoms with Gasteiger partial charge in [0.25, 0.3) is 0 Å². The van der Waals surface area contributed by atoms with E-state index in [9.17, 15) is 24.3 Å². The number of rotatable bonds is 9. The molecule has 2 atom stereocenters. The van der Waals surface area contributed by atoms with Gasteiger partial charge in [-0.25, -0.2) is 19.3 Å². The van der Waals surface area contributed by atoms with Crippen LogP contribution in [0.5, 0.6) is 0 Å². The van der Waals surface area contributed by atoms with E-state index in [1.807, 2.05) is 0 Å². The number of likely N-dealkylation sites (N-methyl/N-ethyl adjacent to an activating group) is 2. The van der Waals surface area contributed by atoms with E-state index in [0.29, 0.717) is 25.2 Å². The van der Waals surface area contributed by atoms with Crippen LogP contribution in [0.25, 0.3) is 0 Å². The molecule has 11 nitrogen and oxygen atoms in total. The first-order valence-electron chi connectivity index (χ1n) is 9.81. The molecule has 11 heteroatoms. The molecule has 30 heavy (non-hydrogen) atoms. The third kappa shape index (κ3) is 7.80. The average Bonchev–Trinajstić information content (AvgIpc) is 2.68. The van der Waals surface area contributed by atoms with Gasteiger partial charge in [-0.2, -0.15) is 0 Å². The van der Waals surface area contributed by atoms with E-state index in [2.05, 4.69) is 30.5 Å². The largest absolute Gasteiger partial charge is 0.480 e. The van der Waals surface area contributed by atoms with Crippen molar-refractivity contribution in [3.63, 3.8) is 0 Å². The van der Waals surface area contributed by atoms with Crippen molar-refractivity contribution in [3.05, 3.63) is 12.4 Å². The summed E-state index contributed by atoms with van der Waals surface area (Å²) in [6.07, 6.45) is 1.51. The van der Waals surface area contributed by atoms with Gasteiger partial charge >= 0.3 is 18.1 Å². The number of carbonyl (C=O) groups excluding carboxylic acids is 3. The number of imide groups is 1. The average molecular weight is 430 g/mol. The number of carboxylic acids is 1. The first kappa shape index (κ1) is 27.0. The fourth-order valence-electron chi connectivity index (χ4n) is 2.72. The molecule has 4 amide bonds. The van der Waals surface area contributed by atoms with Gasteiger partial charge in [-0.1, -0.05) is 26.8 Å². The summed E-state index contributed by atoms with van der Waals surface area (Å²) in [5.74, 6) is -2.22. The fraction of sp³-hybridized carbons (Fsp3) is 0.684. The van der Waals surface area contributed by atoms with Crippen LogP contribution in [-0.4, -0.2) is 90.7 Å². The van der Waals surface area contributed by atoms with E-state index in [1.165, 1.54) is 37.4 Å². The Morgan fingerprint density at radius 1 is 1.23 bits per heavy atom. The summed E-state index contributed by atoms with van der Waals surface area (Å²) < 4.78 is 4.55. The van der Waals surface area contributed by atoms with Crippen molar-refractivity contribution >= 4 is 24.0 Å². The Hall–Kier alpha value is -2.98. The second-order valence-corrected chi connectivity index (χ2v) is 6.99. The lowest BCUT2D eigenvalue weighted by molar-refractivity contribution is -0.166. The number of carbonyl (C=O) groups is 4. The molecule has 172 valence electrons. The molecule has 0 aromatic heterocycles. The van der Waals surface area contributed by atoms with Crippen LogP contribution in [0.4, 0.5) is 9.59 Å². The molecule has 0 radical (unpaired) electrons. The molecule has 1 aliphatic heterocycles. The van der Waals surface area contributed by atoms with Crippen molar-refractivity contribution < 1.29 is 29.0 Å². The maximum Gasteiger partial charge on any atom is 0.409 e. The summed E-state index contributed by atoms with van der Waals surface area (Å²) in [5.41, 5.74) is 5.37. The molecule has 1 unspecified atom stereocenters. The zero-order chi connectivity index (χ0) is 23.4.